The molecule has 94 valence electrons. The number of carbonyl (C=O) groups excluding carboxylic acids is 1. The highest BCUT2D eigenvalue weighted by molar-refractivity contribution is 6.03. The Hall–Kier alpha value is -2.37. The summed E-state index contributed by atoms with van der Waals surface area (Å²) in [6.07, 6.45) is 1.64. The molecule has 2 rings (SSSR count). The summed E-state index contributed by atoms with van der Waals surface area (Å²) in [4.78, 5) is 13.9. The van der Waals surface area contributed by atoms with Crippen LogP contribution in [0.2, 0.25) is 0 Å². The second-order valence-corrected chi connectivity index (χ2v) is 4.17. The van der Waals surface area contributed by atoms with Crippen LogP contribution in [0.15, 0.2) is 30.5 Å². The first-order valence-electron chi connectivity index (χ1n) is 5.51. The Balaban J connectivity index is 2.09. The highest BCUT2D eigenvalue weighted by atomic mass is 16.1. The predicted molar refractivity (Wildman–Crippen MR) is 69.7 cm³/mol. The van der Waals surface area contributed by atoms with E-state index in [1.165, 1.54) is 4.68 Å². The molecule has 0 saturated heterocycles. The standard InChI is InChI=1S/C12H15N5O/c1-16(2)10-6-4-9(5-7-10)12(18)13-11-8-17(3)15-14-11/h4-8H,1-3H3,(H,13,18). The van der Waals surface area contributed by atoms with Crippen LogP contribution in [0, 0.1) is 0 Å². The van der Waals surface area contributed by atoms with Crippen molar-refractivity contribution in [1.82, 2.24) is 15.0 Å². The van der Waals surface area contributed by atoms with E-state index in [9.17, 15) is 4.79 Å². The number of hydrogen-bond acceptors (Lipinski definition) is 4. The lowest BCUT2D eigenvalue weighted by Crippen LogP contribution is -2.13. The van der Waals surface area contributed by atoms with E-state index in [4.69, 9.17) is 0 Å². The average molecular weight is 245 g/mol. The molecule has 1 aromatic carbocycles. The van der Waals surface area contributed by atoms with Gasteiger partial charge in [0.2, 0.25) is 0 Å². The minimum absolute atomic E-state index is 0.194. The quantitative estimate of drug-likeness (QED) is 0.880. The van der Waals surface area contributed by atoms with Gasteiger partial charge in [0.15, 0.2) is 5.82 Å². The van der Waals surface area contributed by atoms with Gasteiger partial charge in [-0.3, -0.25) is 9.48 Å². The van der Waals surface area contributed by atoms with Gasteiger partial charge >= 0.3 is 0 Å². The third-order valence-electron chi connectivity index (χ3n) is 2.49. The average Bonchev–Trinajstić information content (AvgIpc) is 2.75. The number of aromatic nitrogens is 3. The van der Waals surface area contributed by atoms with Crippen LogP contribution in [0.4, 0.5) is 11.5 Å². The zero-order valence-corrected chi connectivity index (χ0v) is 10.6. The van der Waals surface area contributed by atoms with Crippen LogP contribution in [0.3, 0.4) is 0 Å². The summed E-state index contributed by atoms with van der Waals surface area (Å²) in [6, 6.07) is 7.35. The van der Waals surface area contributed by atoms with Crippen LogP contribution < -0.4 is 10.2 Å². The Morgan fingerprint density at radius 1 is 1.28 bits per heavy atom. The molecule has 0 saturated carbocycles. The maximum Gasteiger partial charge on any atom is 0.256 e. The highest BCUT2D eigenvalue weighted by Gasteiger charge is 2.08. The number of carbonyl (C=O) groups is 1. The summed E-state index contributed by atoms with van der Waals surface area (Å²) < 4.78 is 1.53. The number of benzene rings is 1. The molecule has 0 radical (unpaired) electrons. The monoisotopic (exact) mass is 245 g/mol. The smallest absolute Gasteiger partial charge is 0.256 e. The lowest BCUT2D eigenvalue weighted by molar-refractivity contribution is 0.102. The maximum atomic E-state index is 11.9. The van der Waals surface area contributed by atoms with E-state index >= 15 is 0 Å². The van der Waals surface area contributed by atoms with E-state index in [2.05, 4.69) is 15.6 Å². The van der Waals surface area contributed by atoms with E-state index in [0.717, 1.165) is 5.69 Å². The number of amides is 1. The molecule has 0 fully saturated rings. The Morgan fingerprint density at radius 3 is 2.44 bits per heavy atom. The third kappa shape index (κ3) is 2.65. The number of hydrogen-bond donors (Lipinski definition) is 1. The lowest BCUT2D eigenvalue weighted by Gasteiger charge is -2.12. The van der Waals surface area contributed by atoms with Crippen molar-refractivity contribution in [2.45, 2.75) is 0 Å². The zero-order valence-electron chi connectivity index (χ0n) is 10.6. The van der Waals surface area contributed by atoms with Gasteiger partial charge in [-0.25, -0.2) is 0 Å². The molecule has 1 aromatic heterocycles. The van der Waals surface area contributed by atoms with Gasteiger partial charge in [-0.2, -0.15) is 0 Å². The highest BCUT2D eigenvalue weighted by Crippen LogP contribution is 2.13. The largest absolute Gasteiger partial charge is 0.378 e. The summed E-state index contributed by atoms with van der Waals surface area (Å²) in [5, 5.41) is 10.2. The molecule has 0 aliphatic rings. The molecule has 18 heavy (non-hydrogen) atoms. The van der Waals surface area contributed by atoms with Gasteiger partial charge in [-0.15, -0.1) is 5.10 Å². The van der Waals surface area contributed by atoms with Gasteiger partial charge in [0.05, 0.1) is 6.20 Å². The van der Waals surface area contributed by atoms with Crippen molar-refractivity contribution >= 4 is 17.4 Å². The lowest BCUT2D eigenvalue weighted by atomic mass is 10.2. The van der Waals surface area contributed by atoms with Crippen molar-refractivity contribution in [3.8, 4) is 0 Å². The Kier molecular flexibility index (Phi) is 3.27. The van der Waals surface area contributed by atoms with Crippen molar-refractivity contribution < 1.29 is 4.79 Å². The fourth-order valence-electron chi connectivity index (χ4n) is 1.50. The molecule has 0 aliphatic carbocycles. The fraction of sp³-hybridized carbons (Fsp3) is 0.250. The van der Waals surface area contributed by atoms with E-state index in [0.29, 0.717) is 11.4 Å². The van der Waals surface area contributed by atoms with E-state index in [1.807, 2.05) is 31.1 Å². The normalized spacial score (nSPS) is 10.2. The molecule has 6 heteroatoms. The second kappa shape index (κ2) is 4.87. The topological polar surface area (TPSA) is 63.1 Å². The number of nitrogens with zero attached hydrogens (tertiary/aromatic N) is 4. The van der Waals surface area contributed by atoms with Gasteiger partial charge in [-0.1, -0.05) is 5.21 Å². The van der Waals surface area contributed by atoms with Gasteiger partial charge < -0.3 is 10.2 Å². The van der Waals surface area contributed by atoms with Crippen molar-refractivity contribution in [2.75, 3.05) is 24.3 Å². The van der Waals surface area contributed by atoms with Crippen LogP contribution >= 0.6 is 0 Å². The summed E-state index contributed by atoms with van der Waals surface area (Å²) in [5.74, 6) is 0.250. The first-order chi connectivity index (χ1) is 8.56. The summed E-state index contributed by atoms with van der Waals surface area (Å²) in [6.45, 7) is 0. The molecule has 1 amide bonds. The number of aryl methyl sites for hydroxylation is 1. The van der Waals surface area contributed by atoms with Gasteiger partial charge in [0.25, 0.3) is 5.91 Å². The first-order valence-corrected chi connectivity index (χ1v) is 5.51. The van der Waals surface area contributed by atoms with Crippen LogP contribution in [0.25, 0.3) is 0 Å². The Morgan fingerprint density at radius 2 is 1.94 bits per heavy atom. The minimum atomic E-state index is -0.194. The van der Waals surface area contributed by atoms with E-state index in [1.54, 1.807) is 25.4 Å². The van der Waals surface area contributed by atoms with Crippen molar-refractivity contribution in [3.63, 3.8) is 0 Å². The molecule has 0 spiro atoms. The van der Waals surface area contributed by atoms with Crippen molar-refractivity contribution in [2.24, 2.45) is 7.05 Å². The van der Waals surface area contributed by atoms with Crippen LogP contribution in [-0.4, -0.2) is 35.0 Å². The minimum Gasteiger partial charge on any atom is -0.378 e. The molecule has 0 bridgehead atoms. The van der Waals surface area contributed by atoms with Crippen LogP contribution in [-0.2, 0) is 7.05 Å². The Bertz CT molecular complexity index is 544. The number of nitrogens with one attached hydrogen (secondary N) is 1. The zero-order chi connectivity index (χ0) is 13.1. The molecule has 1 N–H and O–H groups in total. The van der Waals surface area contributed by atoms with E-state index < -0.39 is 0 Å². The van der Waals surface area contributed by atoms with E-state index in [-0.39, 0.29) is 5.91 Å². The fourth-order valence-corrected chi connectivity index (χ4v) is 1.50. The SMILES string of the molecule is CN(C)c1ccc(C(=O)Nc2cn(C)nn2)cc1. The summed E-state index contributed by atoms with van der Waals surface area (Å²) in [7, 11) is 5.65. The molecule has 1 heterocycles. The molecule has 0 atom stereocenters. The molecule has 0 unspecified atom stereocenters. The molecular weight excluding hydrogens is 230 g/mol. The van der Waals surface area contributed by atoms with Gasteiger partial charge in [-0.05, 0) is 24.3 Å². The molecular formula is C12H15N5O. The second-order valence-electron chi connectivity index (χ2n) is 4.17. The number of rotatable bonds is 3. The molecule has 0 aliphatic heterocycles. The van der Waals surface area contributed by atoms with Gasteiger partial charge in [0.1, 0.15) is 0 Å². The summed E-state index contributed by atoms with van der Waals surface area (Å²) in [5.41, 5.74) is 1.64. The van der Waals surface area contributed by atoms with Gasteiger partial charge in [0, 0.05) is 32.4 Å². The molecule has 6 nitrogen and oxygen atoms in total. The first kappa shape index (κ1) is 12.1. The maximum absolute atomic E-state index is 11.9. The molecule has 2 aromatic rings. The number of anilines is 2. The van der Waals surface area contributed by atoms with Crippen molar-refractivity contribution in [1.29, 1.82) is 0 Å². The Labute approximate surface area is 105 Å². The summed E-state index contributed by atoms with van der Waals surface area (Å²) >= 11 is 0. The van der Waals surface area contributed by atoms with Crippen LogP contribution in [0.1, 0.15) is 10.4 Å². The predicted octanol–water partition coefficient (Wildman–Crippen LogP) is 1.13. The third-order valence-corrected chi connectivity index (χ3v) is 2.49. The van der Waals surface area contributed by atoms with Crippen molar-refractivity contribution in [3.05, 3.63) is 36.0 Å². The van der Waals surface area contributed by atoms with Crippen LogP contribution in [0.5, 0.6) is 0 Å².